The fraction of sp³-hybridized carbons (Fsp3) is 0.100. The van der Waals surface area contributed by atoms with Crippen LogP contribution in [0, 0.1) is 0 Å². The molecule has 4 aromatic rings. The van der Waals surface area contributed by atoms with Crippen LogP contribution in [-0.4, -0.2) is 14.4 Å². The van der Waals surface area contributed by atoms with Gasteiger partial charge in [-0.3, -0.25) is 0 Å². The van der Waals surface area contributed by atoms with Crippen molar-refractivity contribution < 1.29 is 22.8 Å². The van der Waals surface area contributed by atoms with Gasteiger partial charge < -0.3 is 5.11 Å². The van der Waals surface area contributed by atoms with Gasteiger partial charge in [0, 0.05) is 24.0 Å². The summed E-state index contributed by atoms with van der Waals surface area (Å²) in [5.41, 5.74) is -1.14. The summed E-state index contributed by atoms with van der Waals surface area (Å²) in [6, 6.07) is 9.04. The van der Waals surface area contributed by atoms with Gasteiger partial charge in [-0.15, -0.1) is 0 Å². The lowest BCUT2D eigenvalue weighted by Crippen LogP contribution is -2.44. The molecule has 0 bridgehead atoms. The summed E-state index contributed by atoms with van der Waals surface area (Å²) in [4.78, 5) is 20.8. The molecule has 6 nitrogen and oxygen atoms in total. The normalized spacial score (nSPS) is 11.7. The van der Waals surface area contributed by atoms with Gasteiger partial charge in [-0.25, -0.2) is 19.3 Å². The number of pyridine rings is 1. The van der Waals surface area contributed by atoms with E-state index in [0.717, 1.165) is 12.1 Å². The van der Waals surface area contributed by atoms with Crippen LogP contribution in [0.1, 0.15) is 11.1 Å². The average Bonchev–Trinajstić information content (AvgIpc) is 2.72. The zero-order valence-electron chi connectivity index (χ0n) is 14.8. The van der Waals surface area contributed by atoms with E-state index in [1.807, 2.05) is 0 Å². The molecule has 146 valence electrons. The van der Waals surface area contributed by atoms with Crippen LogP contribution < -0.4 is 15.2 Å². The number of hydrogen-bond donors (Lipinski definition) is 0. The Kier molecular flexibility index (Phi) is 4.50. The van der Waals surface area contributed by atoms with Gasteiger partial charge in [0.05, 0.1) is 17.6 Å². The number of nitrogens with zero attached hydrogens (tertiary/aromatic N) is 4. The Balaban J connectivity index is 2.00. The maximum atomic E-state index is 13.2. The van der Waals surface area contributed by atoms with Crippen molar-refractivity contribution in [3.8, 4) is 17.0 Å². The van der Waals surface area contributed by atoms with Gasteiger partial charge in [0.2, 0.25) is 0 Å². The Morgan fingerprint density at radius 3 is 2.55 bits per heavy atom. The maximum Gasteiger partial charge on any atom is 0.416 e. The standard InChI is InChI=1S/C20H13F3N4O2/c21-20(22,23)15-5-3-4-14(8-15)17-18(28)26-7-2-1-6-16(26)27(19(17)29)11-13-9-24-12-25-10-13/h1-10,12H,11H2. The van der Waals surface area contributed by atoms with Crippen molar-refractivity contribution in [2.75, 3.05) is 0 Å². The number of rotatable bonds is 3. The van der Waals surface area contributed by atoms with E-state index in [9.17, 15) is 23.1 Å². The second kappa shape index (κ2) is 7.01. The Bertz CT molecular complexity index is 1250. The molecule has 0 N–H and O–H groups in total. The van der Waals surface area contributed by atoms with E-state index < -0.39 is 23.2 Å². The summed E-state index contributed by atoms with van der Waals surface area (Å²) in [6.45, 7) is 0.0550. The minimum Gasteiger partial charge on any atom is -0.842 e. The van der Waals surface area contributed by atoms with Crippen LogP contribution in [0.3, 0.4) is 0 Å². The minimum atomic E-state index is -4.59. The first-order valence-corrected chi connectivity index (χ1v) is 8.52. The predicted molar refractivity (Wildman–Crippen MR) is 94.9 cm³/mol. The molecule has 0 fully saturated rings. The summed E-state index contributed by atoms with van der Waals surface area (Å²) < 4.78 is 41.9. The zero-order chi connectivity index (χ0) is 20.6. The predicted octanol–water partition coefficient (Wildman–Crippen LogP) is 2.18. The lowest BCUT2D eigenvalue weighted by atomic mass is 10.0. The van der Waals surface area contributed by atoms with E-state index in [0.29, 0.717) is 11.2 Å². The summed E-state index contributed by atoms with van der Waals surface area (Å²) in [7, 11) is 0. The number of aromatic nitrogens is 4. The third-order valence-electron chi connectivity index (χ3n) is 4.44. The van der Waals surface area contributed by atoms with E-state index >= 15 is 0 Å². The number of halogens is 3. The van der Waals surface area contributed by atoms with Gasteiger partial charge in [-0.2, -0.15) is 17.6 Å². The Labute approximate surface area is 162 Å². The molecule has 0 aliphatic carbocycles. The minimum absolute atomic E-state index is 0.0550. The van der Waals surface area contributed by atoms with Crippen LogP contribution in [0.5, 0.6) is 5.88 Å². The molecule has 0 aliphatic heterocycles. The molecule has 3 heterocycles. The molecule has 4 rings (SSSR count). The summed E-state index contributed by atoms with van der Waals surface area (Å²) in [6.07, 6.45) is 1.26. The Morgan fingerprint density at radius 2 is 1.83 bits per heavy atom. The smallest absolute Gasteiger partial charge is 0.416 e. The monoisotopic (exact) mass is 398 g/mol. The fourth-order valence-electron chi connectivity index (χ4n) is 3.12. The molecule has 9 heteroatoms. The molecule has 0 atom stereocenters. The Hall–Kier alpha value is -3.75. The molecule has 0 saturated carbocycles. The van der Waals surface area contributed by atoms with E-state index in [1.54, 1.807) is 18.2 Å². The molecule has 1 aromatic carbocycles. The number of benzene rings is 1. The second-order valence-electron chi connectivity index (χ2n) is 6.33. The number of fused-ring (bicyclic) bond motifs is 1. The van der Waals surface area contributed by atoms with Crippen LogP contribution >= 0.6 is 0 Å². The van der Waals surface area contributed by atoms with Crippen molar-refractivity contribution in [3.05, 3.63) is 88.9 Å². The van der Waals surface area contributed by atoms with Crippen molar-refractivity contribution in [2.24, 2.45) is 0 Å². The fourth-order valence-corrected chi connectivity index (χ4v) is 3.12. The average molecular weight is 398 g/mol. The van der Waals surface area contributed by atoms with E-state index in [2.05, 4.69) is 9.97 Å². The number of alkyl halides is 3. The van der Waals surface area contributed by atoms with Gasteiger partial charge in [0.15, 0.2) is 0 Å². The van der Waals surface area contributed by atoms with Crippen molar-refractivity contribution in [3.63, 3.8) is 0 Å². The molecular weight excluding hydrogens is 385 g/mol. The van der Waals surface area contributed by atoms with Crippen molar-refractivity contribution in [1.29, 1.82) is 0 Å². The second-order valence-corrected chi connectivity index (χ2v) is 6.33. The van der Waals surface area contributed by atoms with Crippen molar-refractivity contribution in [2.45, 2.75) is 12.7 Å². The van der Waals surface area contributed by atoms with Crippen LogP contribution in [0.15, 0.2) is 72.2 Å². The highest BCUT2D eigenvalue weighted by molar-refractivity contribution is 5.67. The van der Waals surface area contributed by atoms with Gasteiger partial charge >= 0.3 is 11.7 Å². The molecule has 0 radical (unpaired) electrons. The van der Waals surface area contributed by atoms with Gasteiger partial charge in [0.25, 0.3) is 5.65 Å². The van der Waals surface area contributed by atoms with Gasteiger partial charge in [-0.05, 0) is 23.8 Å². The first-order valence-electron chi connectivity index (χ1n) is 8.52. The molecular formula is C20H13F3N4O2. The molecule has 0 amide bonds. The van der Waals surface area contributed by atoms with Crippen molar-refractivity contribution in [1.82, 2.24) is 14.4 Å². The van der Waals surface area contributed by atoms with Crippen LogP contribution in [0.4, 0.5) is 13.2 Å². The van der Waals surface area contributed by atoms with E-state index in [4.69, 9.17) is 0 Å². The van der Waals surface area contributed by atoms with Crippen LogP contribution in [-0.2, 0) is 12.7 Å². The van der Waals surface area contributed by atoms with Crippen molar-refractivity contribution >= 4 is 5.65 Å². The molecule has 0 spiro atoms. The quantitative estimate of drug-likeness (QED) is 0.496. The third-order valence-corrected chi connectivity index (χ3v) is 4.44. The SMILES string of the molecule is O=c1c(-c2cccc(C(F)(F)F)c2)c([O-])[n+](Cc2cncnc2)c2ccccn12. The molecule has 0 aliphatic rings. The highest BCUT2D eigenvalue weighted by atomic mass is 19.4. The molecule has 29 heavy (non-hydrogen) atoms. The highest BCUT2D eigenvalue weighted by Crippen LogP contribution is 2.32. The largest absolute Gasteiger partial charge is 0.842 e. The molecule has 0 saturated heterocycles. The summed E-state index contributed by atoms with van der Waals surface area (Å²) in [5.74, 6) is -0.690. The van der Waals surface area contributed by atoms with Gasteiger partial charge in [-0.1, -0.05) is 18.2 Å². The third kappa shape index (κ3) is 3.42. The summed E-state index contributed by atoms with van der Waals surface area (Å²) in [5, 5.41) is 13.2. The first-order chi connectivity index (χ1) is 13.9. The number of hydrogen-bond acceptors (Lipinski definition) is 4. The zero-order valence-corrected chi connectivity index (χ0v) is 14.8. The van der Waals surface area contributed by atoms with Crippen LogP contribution in [0.2, 0.25) is 0 Å². The first kappa shape index (κ1) is 18.6. The van der Waals surface area contributed by atoms with Crippen LogP contribution in [0.25, 0.3) is 16.8 Å². The lowest BCUT2D eigenvalue weighted by molar-refractivity contribution is -0.708. The molecule has 3 aromatic heterocycles. The maximum absolute atomic E-state index is 13.2. The Morgan fingerprint density at radius 1 is 1.07 bits per heavy atom. The van der Waals surface area contributed by atoms with E-state index in [1.165, 1.54) is 46.0 Å². The van der Waals surface area contributed by atoms with E-state index in [-0.39, 0.29) is 17.7 Å². The molecule has 0 unspecified atom stereocenters. The summed E-state index contributed by atoms with van der Waals surface area (Å²) >= 11 is 0. The lowest BCUT2D eigenvalue weighted by Gasteiger charge is -2.17. The highest BCUT2D eigenvalue weighted by Gasteiger charge is 2.31. The topological polar surface area (TPSA) is 74.2 Å². The van der Waals surface area contributed by atoms with Gasteiger partial charge in [0.1, 0.15) is 18.4 Å².